The number of hydrogen-bond donors (Lipinski definition) is 3. The predicted octanol–water partition coefficient (Wildman–Crippen LogP) is 2.17. The minimum absolute atomic E-state index is 0.0241. The summed E-state index contributed by atoms with van der Waals surface area (Å²) in [6, 6.07) is 4.79. The van der Waals surface area contributed by atoms with Gasteiger partial charge in [-0.1, -0.05) is 35.8 Å². The van der Waals surface area contributed by atoms with Crippen molar-refractivity contribution in [3.8, 4) is 5.75 Å². The van der Waals surface area contributed by atoms with Crippen LogP contribution in [0.25, 0.3) is 0 Å². The van der Waals surface area contributed by atoms with E-state index in [1.807, 2.05) is 19.9 Å². The second-order valence-corrected chi connectivity index (χ2v) is 5.24. The van der Waals surface area contributed by atoms with Gasteiger partial charge in [0.05, 0.1) is 0 Å². The van der Waals surface area contributed by atoms with E-state index < -0.39 is 11.5 Å². The zero-order valence-electron chi connectivity index (χ0n) is 8.87. The number of aliphatic hydroxyl groups is 1. The smallest absolute Gasteiger partial charge is 0.121 e. The fraction of sp³-hybridized carbons (Fsp3) is 0.455. The van der Waals surface area contributed by atoms with Crippen LogP contribution in [0.1, 0.15) is 25.5 Å². The lowest BCUT2D eigenvalue weighted by atomic mass is 9.81. The van der Waals surface area contributed by atoms with Crippen molar-refractivity contribution in [1.82, 2.24) is 0 Å². The number of halogens is 1. The molecule has 0 aliphatic rings. The lowest BCUT2D eigenvalue weighted by molar-refractivity contribution is 0.131. The van der Waals surface area contributed by atoms with E-state index in [2.05, 4.69) is 15.9 Å². The van der Waals surface area contributed by atoms with Crippen molar-refractivity contribution >= 4 is 15.9 Å². The average Bonchev–Trinajstić information content (AvgIpc) is 2.17. The highest BCUT2D eigenvalue weighted by Gasteiger charge is 2.28. The Morgan fingerprint density at radius 3 is 2.53 bits per heavy atom. The summed E-state index contributed by atoms with van der Waals surface area (Å²) in [6.07, 6.45) is 0. The SMILES string of the molecule is CC(C)(CO)[C@@H](N)c1ccc(Br)cc1O. The summed E-state index contributed by atoms with van der Waals surface area (Å²) in [5.41, 5.74) is 6.20. The van der Waals surface area contributed by atoms with E-state index in [-0.39, 0.29) is 12.4 Å². The summed E-state index contributed by atoms with van der Waals surface area (Å²) in [6.45, 7) is 3.70. The fourth-order valence-electron chi connectivity index (χ4n) is 1.30. The molecule has 1 atom stereocenters. The molecule has 0 saturated carbocycles. The second kappa shape index (κ2) is 4.51. The fourth-order valence-corrected chi connectivity index (χ4v) is 1.65. The van der Waals surface area contributed by atoms with Crippen molar-refractivity contribution in [2.24, 2.45) is 11.1 Å². The summed E-state index contributed by atoms with van der Waals surface area (Å²) in [5.74, 6) is 0.151. The second-order valence-electron chi connectivity index (χ2n) is 4.33. The largest absolute Gasteiger partial charge is 0.508 e. The van der Waals surface area contributed by atoms with Crippen molar-refractivity contribution in [1.29, 1.82) is 0 Å². The minimum Gasteiger partial charge on any atom is -0.508 e. The van der Waals surface area contributed by atoms with Crippen LogP contribution >= 0.6 is 15.9 Å². The first-order valence-electron chi connectivity index (χ1n) is 4.73. The lowest BCUT2D eigenvalue weighted by Gasteiger charge is -2.30. The van der Waals surface area contributed by atoms with Crippen LogP contribution in [-0.4, -0.2) is 16.8 Å². The molecular formula is C11H16BrNO2. The summed E-state index contributed by atoms with van der Waals surface area (Å²) in [5, 5.41) is 18.9. The Balaban J connectivity index is 3.06. The van der Waals surface area contributed by atoms with E-state index in [0.29, 0.717) is 5.56 Å². The van der Waals surface area contributed by atoms with Gasteiger partial charge in [0.25, 0.3) is 0 Å². The molecule has 0 bridgehead atoms. The number of nitrogens with two attached hydrogens (primary N) is 1. The standard InChI is InChI=1S/C11H16BrNO2/c1-11(2,6-14)10(13)8-4-3-7(12)5-9(8)15/h3-5,10,14-15H,6,13H2,1-2H3/t10-/m0/s1. The van der Waals surface area contributed by atoms with Crippen LogP contribution in [0.4, 0.5) is 0 Å². The summed E-state index contributed by atoms with van der Waals surface area (Å²) in [4.78, 5) is 0. The number of aromatic hydroxyl groups is 1. The van der Waals surface area contributed by atoms with Gasteiger partial charge in [0.15, 0.2) is 0 Å². The summed E-state index contributed by atoms with van der Waals surface area (Å²) < 4.78 is 0.803. The number of phenols is 1. The van der Waals surface area contributed by atoms with Gasteiger partial charge in [-0.25, -0.2) is 0 Å². The molecule has 0 unspecified atom stereocenters. The summed E-state index contributed by atoms with van der Waals surface area (Å²) in [7, 11) is 0. The van der Waals surface area contributed by atoms with Crippen LogP contribution in [0.15, 0.2) is 22.7 Å². The van der Waals surface area contributed by atoms with Crippen LogP contribution in [0.2, 0.25) is 0 Å². The van der Waals surface area contributed by atoms with Crippen LogP contribution < -0.4 is 5.73 Å². The van der Waals surface area contributed by atoms with Crippen molar-refractivity contribution in [3.63, 3.8) is 0 Å². The predicted molar refractivity (Wildman–Crippen MR) is 63.6 cm³/mol. The van der Waals surface area contributed by atoms with Crippen molar-refractivity contribution in [2.45, 2.75) is 19.9 Å². The van der Waals surface area contributed by atoms with Gasteiger partial charge >= 0.3 is 0 Å². The Hall–Kier alpha value is -0.580. The minimum atomic E-state index is -0.453. The Morgan fingerprint density at radius 1 is 1.47 bits per heavy atom. The van der Waals surface area contributed by atoms with Crippen molar-refractivity contribution < 1.29 is 10.2 Å². The molecule has 0 heterocycles. The summed E-state index contributed by atoms with van der Waals surface area (Å²) >= 11 is 3.26. The van der Waals surface area contributed by atoms with Gasteiger partial charge in [-0.05, 0) is 12.1 Å². The van der Waals surface area contributed by atoms with Gasteiger partial charge in [-0.2, -0.15) is 0 Å². The van der Waals surface area contributed by atoms with E-state index in [1.54, 1.807) is 12.1 Å². The molecule has 0 radical (unpaired) electrons. The quantitative estimate of drug-likeness (QED) is 0.791. The van der Waals surface area contributed by atoms with Crippen molar-refractivity contribution in [2.75, 3.05) is 6.61 Å². The van der Waals surface area contributed by atoms with Gasteiger partial charge in [0, 0.05) is 28.1 Å². The normalized spacial score (nSPS) is 13.9. The van der Waals surface area contributed by atoms with Crippen LogP contribution in [-0.2, 0) is 0 Å². The zero-order chi connectivity index (χ0) is 11.6. The van der Waals surface area contributed by atoms with Gasteiger partial charge < -0.3 is 15.9 Å². The number of benzene rings is 1. The third kappa shape index (κ3) is 2.71. The number of rotatable bonds is 3. The Labute approximate surface area is 98.1 Å². The van der Waals surface area contributed by atoms with Crippen molar-refractivity contribution in [3.05, 3.63) is 28.2 Å². The molecule has 0 aliphatic carbocycles. The van der Waals surface area contributed by atoms with E-state index in [4.69, 9.17) is 5.73 Å². The average molecular weight is 274 g/mol. The van der Waals surface area contributed by atoms with E-state index >= 15 is 0 Å². The first kappa shape index (κ1) is 12.5. The number of aliphatic hydroxyl groups excluding tert-OH is 1. The number of hydrogen-bond acceptors (Lipinski definition) is 3. The zero-order valence-corrected chi connectivity index (χ0v) is 10.5. The van der Waals surface area contributed by atoms with Crippen LogP contribution in [0.3, 0.4) is 0 Å². The Bertz CT molecular complexity index is 352. The third-order valence-corrected chi connectivity index (χ3v) is 3.07. The van der Waals surface area contributed by atoms with Gasteiger partial charge in [-0.15, -0.1) is 0 Å². The molecule has 15 heavy (non-hydrogen) atoms. The first-order valence-corrected chi connectivity index (χ1v) is 5.52. The van der Waals surface area contributed by atoms with E-state index in [1.165, 1.54) is 0 Å². The topological polar surface area (TPSA) is 66.5 Å². The Kier molecular flexibility index (Phi) is 3.76. The molecule has 0 aliphatic heterocycles. The molecule has 4 N–H and O–H groups in total. The maximum atomic E-state index is 9.73. The molecule has 1 aromatic carbocycles. The third-order valence-electron chi connectivity index (χ3n) is 2.58. The number of phenolic OH excluding ortho intramolecular Hbond substituents is 1. The molecular weight excluding hydrogens is 258 g/mol. The maximum Gasteiger partial charge on any atom is 0.121 e. The first-order chi connectivity index (χ1) is 6.88. The molecule has 3 nitrogen and oxygen atoms in total. The highest BCUT2D eigenvalue weighted by molar-refractivity contribution is 9.10. The van der Waals surface area contributed by atoms with E-state index in [0.717, 1.165) is 4.47 Å². The van der Waals surface area contributed by atoms with Gasteiger partial charge in [0.1, 0.15) is 5.75 Å². The molecule has 1 aromatic rings. The Morgan fingerprint density at radius 2 is 2.07 bits per heavy atom. The maximum absolute atomic E-state index is 9.73. The van der Waals surface area contributed by atoms with Crippen LogP contribution in [0.5, 0.6) is 5.75 Å². The monoisotopic (exact) mass is 273 g/mol. The molecule has 0 aromatic heterocycles. The molecule has 0 amide bonds. The molecule has 0 fully saturated rings. The molecule has 4 heteroatoms. The lowest BCUT2D eigenvalue weighted by Crippen LogP contribution is -2.32. The van der Waals surface area contributed by atoms with Crippen LogP contribution in [0, 0.1) is 5.41 Å². The van der Waals surface area contributed by atoms with Gasteiger partial charge in [-0.3, -0.25) is 0 Å². The highest BCUT2D eigenvalue weighted by Crippen LogP contribution is 2.36. The highest BCUT2D eigenvalue weighted by atomic mass is 79.9. The van der Waals surface area contributed by atoms with Gasteiger partial charge in [0.2, 0.25) is 0 Å². The molecule has 1 rings (SSSR count). The van der Waals surface area contributed by atoms with E-state index in [9.17, 15) is 10.2 Å². The molecule has 0 spiro atoms. The molecule has 0 saturated heterocycles. The molecule has 84 valence electrons.